The van der Waals surface area contributed by atoms with Gasteiger partial charge in [-0.05, 0) is 40.2 Å². The van der Waals surface area contributed by atoms with E-state index in [-0.39, 0.29) is 5.69 Å². The fourth-order valence-electron chi connectivity index (χ4n) is 1.11. The van der Waals surface area contributed by atoms with Crippen molar-refractivity contribution in [1.82, 2.24) is 9.97 Å². The number of hydrogen-bond acceptors (Lipinski definition) is 4. The van der Waals surface area contributed by atoms with Gasteiger partial charge in [0.2, 0.25) is 0 Å². The maximum Gasteiger partial charge on any atom is 0.354 e. The summed E-state index contributed by atoms with van der Waals surface area (Å²) in [6.07, 6.45) is 3.24. The van der Waals surface area contributed by atoms with E-state index in [4.69, 9.17) is 5.11 Å². The van der Waals surface area contributed by atoms with Crippen LogP contribution in [0.15, 0.2) is 51.1 Å². The van der Waals surface area contributed by atoms with Gasteiger partial charge in [0.05, 0.1) is 0 Å². The second-order valence-corrected chi connectivity index (χ2v) is 5.11. The van der Waals surface area contributed by atoms with E-state index in [0.717, 1.165) is 14.4 Å². The van der Waals surface area contributed by atoms with E-state index in [1.165, 1.54) is 24.0 Å². The van der Waals surface area contributed by atoms with E-state index in [1.807, 2.05) is 12.1 Å². The quantitative estimate of drug-likeness (QED) is 0.944. The van der Waals surface area contributed by atoms with E-state index in [2.05, 4.69) is 25.9 Å². The topological polar surface area (TPSA) is 63.1 Å². The van der Waals surface area contributed by atoms with Crippen molar-refractivity contribution in [3.8, 4) is 0 Å². The minimum absolute atomic E-state index is 0.0399. The Morgan fingerprint density at radius 3 is 2.53 bits per heavy atom. The summed E-state index contributed by atoms with van der Waals surface area (Å²) in [6, 6.07) is 6.96. The molecule has 0 amide bonds. The van der Waals surface area contributed by atoms with E-state index < -0.39 is 5.97 Å². The van der Waals surface area contributed by atoms with Gasteiger partial charge in [0.15, 0.2) is 0 Å². The molecule has 86 valence electrons. The zero-order valence-electron chi connectivity index (χ0n) is 8.50. The largest absolute Gasteiger partial charge is 0.477 e. The van der Waals surface area contributed by atoms with Gasteiger partial charge in [-0.3, -0.25) is 0 Å². The molecule has 0 bridgehead atoms. The van der Waals surface area contributed by atoms with Crippen molar-refractivity contribution >= 4 is 33.7 Å². The van der Waals surface area contributed by atoms with Crippen LogP contribution in [0.4, 0.5) is 0 Å². The Morgan fingerprint density at radius 2 is 2.00 bits per heavy atom. The van der Waals surface area contributed by atoms with Crippen molar-refractivity contribution in [1.29, 1.82) is 0 Å². The number of carbonyl (C=O) groups is 1. The predicted molar refractivity (Wildman–Crippen MR) is 67.3 cm³/mol. The van der Waals surface area contributed by atoms with Gasteiger partial charge in [-0.15, -0.1) is 0 Å². The summed E-state index contributed by atoms with van der Waals surface area (Å²) in [5.74, 6) is -1.02. The molecule has 0 aliphatic carbocycles. The van der Waals surface area contributed by atoms with Crippen LogP contribution in [-0.2, 0) is 0 Å². The molecule has 0 aliphatic heterocycles. The van der Waals surface area contributed by atoms with E-state index in [9.17, 15) is 4.79 Å². The first-order chi connectivity index (χ1) is 8.15. The van der Waals surface area contributed by atoms with Crippen molar-refractivity contribution in [2.45, 2.75) is 9.92 Å². The molecule has 0 aromatic carbocycles. The predicted octanol–water partition coefficient (Wildman–Crippen LogP) is 3.09. The van der Waals surface area contributed by atoms with Crippen LogP contribution in [0.2, 0.25) is 0 Å². The molecule has 6 heteroatoms. The molecule has 2 aromatic heterocycles. The van der Waals surface area contributed by atoms with Crippen molar-refractivity contribution < 1.29 is 9.90 Å². The molecule has 0 saturated heterocycles. The molecule has 0 spiro atoms. The Kier molecular flexibility index (Phi) is 3.75. The number of aromatic nitrogens is 2. The summed E-state index contributed by atoms with van der Waals surface area (Å²) in [7, 11) is 0. The summed E-state index contributed by atoms with van der Waals surface area (Å²) in [6.45, 7) is 0. The third-order valence-electron chi connectivity index (χ3n) is 1.88. The lowest BCUT2D eigenvalue weighted by Gasteiger charge is -2.00. The van der Waals surface area contributed by atoms with Crippen LogP contribution in [0.3, 0.4) is 0 Å². The smallest absolute Gasteiger partial charge is 0.354 e. The lowest BCUT2D eigenvalue weighted by Crippen LogP contribution is -1.98. The molecule has 2 heterocycles. The van der Waals surface area contributed by atoms with E-state index in [1.54, 1.807) is 12.3 Å². The number of pyridine rings is 2. The highest BCUT2D eigenvalue weighted by Crippen LogP contribution is 2.25. The van der Waals surface area contributed by atoms with Gasteiger partial charge in [-0.25, -0.2) is 14.8 Å². The summed E-state index contributed by atoms with van der Waals surface area (Å²) in [5.41, 5.74) is 0.0399. The van der Waals surface area contributed by atoms with Crippen LogP contribution in [0.5, 0.6) is 0 Å². The van der Waals surface area contributed by atoms with Crippen molar-refractivity contribution in [3.05, 3.63) is 46.8 Å². The molecule has 1 N–H and O–H groups in total. The maximum absolute atomic E-state index is 10.6. The lowest BCUT2D eigenvalue weighted by atomic mass is 10.4. The average Bonchev–Trinajstić information content (AvgIpc) is 2.33. The standard InChI is InChI=1S/C11H7BrN2O2S/c12-7-1-4-10(14-5-7)17-8-2-3-9(11(15)16)13-6-8/h1-6H,(H,15,16). The zero-order valence-corrected chi connectivity index (χ0v) is 10.9. The van der Waals surface area contributed by atoms with Gasteiger partial charge < -0.3 is 5.11 Å². The monoisotopic (exact) mass is 310 g/mol. The molecule has 17 heavy (non-hydrogen) atoms. The second kappa shape index (κ2) is 5.29. The number of nitrogens with zero attached hydrogens (tertiary/aromatic N) is 2. The van der Waals surface area contributed by atoms with Crippen LogP contribution >= 0.6 is 27.7 Å². The summed E-state index contributed by atoms with van der Waals surface area (Å²) >= 11 is 4.74. The molecule has 0 fully saturated rings. The normalized spacial score (nSPS) is 10.2. The van der Waals surface area contributed by atoms with Crippen molar-refractivity contribution in [2.24, 2.45) is 0 Å². The minimum atomic E-state index is -1.02. The highest BCUT2D eigenvalue weighted by molar-refractivity contribution is 9.10. The van der Waals surface area contributed by atoms with Gasteiger partial charge in [-0.2, -0.15) is 0 Å². The summed E-state index contributed by atoms with van der Waals surface area (Å²) in [5, 5.41) is 9.54. The first-order valence-electron chi connectivity index (χ1n) is 4.64. The van der Waals surface area contributed by atoms with Crippen molar-refractivity contribution in [2.75, 3.05) is 0 Å². The number of carboxylic acid groups (broad SMARTS) is 1. The Bertz CT molecular complexity index is 528. The Hall–Kier alpha value is -1.40. The van der Waals surface area contributed by atoms with Gasteiger partial charge in [0, 0.05) is 21.8 Å². The molecule has 0 unspecified atom stereocenters. The van der Waals surface area contributed by atoms with Crippen LogP contribution in [-0.4, -0.2) is 21.0 Å². The minimum Gasteiger partial charge on any atom is -0.477 e. The molecule has 0 atom stereocenters. The van der Waals surface area contributed by atoms with Crippen LogP contribution in [0, 0.1) is 0 Å². The Morgan fingerprint density at radius 1 is 1.18 bits per heavy atom. The first kappa shape index (κ1) is 12.1. The van der Waals surface area contributed by atoms with Crippen molar-refractivity contribution in [3.63, 3.8) is 0 Å². The summed E-state index contributed by atoms with van der Waals surface area (Å²) < 4.78 is 0.918. The molecule has 2 aromatic rings. The number of rotatable bonds is 3. The van der Waals surface area contributed by atoms with Crippen LogP contribution < -0.4 is 0 Å². The molecule has 0 saturated carbocycles. The number of carboxylic acids is 1. The zero-order chi connectivity index (χ0) is 12.3. The van der Waals surface area contributed by atoms with E-state index >= 15 is 0 Å². The SMILES string of the molecule is O=C(O)c1ccc(Sc2ccc(Br)cn2)cn1. The molecular formula is C11H7BrN2O2S. The number of halogens is 1. The molecular weight excluding hydrogens is 304 g/mol. The highest BCUT2D eigenvalue weighted by Gasteiger charge is 2.04. The lowest BCUT2D eigenvalue weighted by molar-refractivity contribution is 0.0690. The summed E-state index contributed by atoms with van der Waals surface area (Å²) in [4.78, 5) is 19.5. The molecule has 2 rings (SSSR count). The van der Waals surface area contributed by atoms with Gasteiger partial charge >= 0.3 is 5.97 Å². The second-order valence-electron chi connectivity index (χ2n) is 3.10. The maximum atomic E-state index is 10.6. The van der Waals surface area contributed by atoms with Crippen LogP contribution in [0.1, 0.15) is 10.5 Å². The van der Waals surface area contributed by atoms with Gasteiger partial charge in [0.1, 0.15) is 10.7 Å². The average molecular weight is 311 g/mol. The van der Waals surface area contributed by atoms with Gasteiger partial charge in [-0.1, -0.05) is 11.8 Å². The van der Waals surface area contributed by atoms with Crippen LogP contribution in [0.25, 0.3) is 0 Å². The first-order valence-corrected chi connectivity index (χ1v) is 6.25. The van der Waals surface area contributed by atoms with E-state index in [0.29, 0.717) is 0 Å². The molecule has 4 nitrogen and oxygen atoms in total. The highest BCUT2D eigenvalue weighted by atomic mass is 79.9. The van der Waals surface area contributed by atoms with Gasteiger partial charge in [0.25, 0.3) is 0 Å². The number of hydrogen-bond donors (Lipinski definition) is 1. The Balaban J connectivity index is 2.13. The molecule has 0 aliphatic rings. The third kappa shape index (κ3) is 3.28. The molecule has 0 radical (unpaired) electrons. The fraction of sp³-hybridized carbons (Fsp3) is 0. The number of aromatic carboxylic acids is 1. The third-order valence-corrected chi connectivity index (χ3v) is 3.28. The Labute approximate surface area is 110 Å². The fourth-order valence-corrected chi connectivity index (χ4v) is 2.07.